The molecule has 1 aliphatic rings. The van der Waals surface area contributed by atoms with Gasteiger partial charge in [0.05, 0.1) is 12.7 Å². The van der Waals surface area contributed by atoms with E-state index in [9.17, 15) is 4.79 Å². The largest absolute Gasteiger partial charge is 0.497 e. The first-order chi connectivity index (χ1) is 9.52. The second kappa shape index (κ2) is 6.59. The summed E-state index contributed by atoms with van der Waals surface area (Å²) >= 11 is 3.45. The predicted molar refractivity (Wildman–Crippen MR) is 83.3 cm³/mol. The molecular weight excluding hydrogens is 320 g/mol. The highest BCUT2D eigenvalue weighted by Gasteiger charge is 2.26. The maximum Gasteiger partial charge on any atom is 0.255 e. The summed E-state index contributed by atoms with van der Waals surface area (Å²) in [6.45, 7) is 2.05. The fourth-order valence-corrected chi connectivity index (χ4v) is 3.02. The quantitative estimate of drug-likeness (QED) is 0.847. The number of likely N-dealkylation sites (N-methyl/N-ethyl adjacent to an activating group) is 2. The van der Waals surface area contributed by atoms with Crippen LogP contribution in [0.5, 0.6) is 5.75 Å². The topological polar surface area (TPSA) is 32.8 Å². The van der Waals surface area contributed by atoms with Crippen molar-refractivity contribution in [2.45, 2.75) is 18.9 Å². The summed E-state index contributed by atoms with van der Waals surface area (Å²) in [5.74, 6) is 0.738. The van der Waals surface area contributed by atoms with Gasteiger partial charge in [-0.05, 0) is 60.6 Å². The third-order valence-corrected chi connectivity index (χ3v) is 4.56. The van der Waals surface area contributed by atoms with Gasteiger partial charge in [-0.3, -0.25) is 4.79 Å². The molecule has 0 radical (unpaired) electrons. The summed E-state index contributed by atoms with van der Waals surface area (Å²) in [7, 11) is 5.60. The molecule has 110 valence electrons. The number of piperidine rings is 1. The Morgan fingerprint density at radius 2 is 2.25 bits per heavy atom. The van der Waals surface area contributed by atoms with E-state index in [2.05, 4.69) is 27.9 Å². The Balaban J connectivity index is 2.17. The van der Waals surface area contributed by atoms with Gasteiger partial charge in [0.2, 0.25) is 0 Å². The van der Waals surface area contributed by atoms with Crippen LogP contribution in [0.4, 0.5) is 0 Å². The summed E-state index contributed by atoms with van der Waals surface area (Å²) in [4.78, 5) is 16.8. The Morgan fingerprint density at radius 3 is 2.90 bits per heavy atom. The van der Waals surface area contributed by atoms with E-state index in [1.54, 1.807) is 13.2 Å². The van der Waals surface area contributed by atoms with Gasteiger partial charge in [0, 0.05) is 24.1 Å². The number of benzene rings is 1. The molecule has 5 heteroatoms. The predicted octanol–water partition coefficient (Wildman–Crippen LogP) is 2.62. The molecule has 0 aromatic heterocycles. The van der Waals surface area contributed by atoms with E-state index in [0.29, 0.717) is 11.3 Å². The minimum Gasteiger partial charge on any atom is -0.497 e. The van der Waals surface area contributed by atoms with Crippen molar-refractivity contribution in [3.05, 3.63) is 28.2 Å². The number of rotatable bonds is 3. The second-order valence-corrected chi connectivity index (χ2v) is 6.17. The summed E-state index contributed by atoms with van der Waals surface area (Å²) < 4.78 is 6.01. The highest BCUT2D eigenvalue weighted by molar-refractivity contribution is 9.10. The SMILES string of the molecule is COc1ccc(Br)c(C(=O)N(C)C2CCCN(C)C2)c1. The average Bonchev–Trinajstić information content (AvgIpc) is 2.46. The fourth-order valence-electron chi connectivity index (χ4n) is 2.61. The van der Waals surface area contributed by atoms with Crippen LogP contribution in [0.2, 0.25) is 0 Å². The van der Waals surface area contributed by atoms with Gasteiger partial charge in [0.1, 0.15) is 5.75 Å². The van der Waals surface area contributed by atoms with Gasteiger partial charge in [-0.2, -0.15) is 0 Å². The van der Waals surface area contributed by atoms with Crippen molar-refractivity contribution < 1.29 is 9.53 Å². The number of halogens is 1. The molecule has 2 rings (SSSR count). The maximum absolute atomic E-state index is 12.7. The van der Waals surface area contributed by atoms with E-state index in [1.807, 2.05) is 24.1 Å². The lowest BCUT2D eigenvalue weighted by atomic mass is 10.0. The van der Waals surface area contributed by atoms with E-state index >= 15 is 0 Å². The molecule has 20 heavy (non-hydrogen) atoms. The van der Waals surface area contributed by atoms with Crippen LogP contribution in [0.3, 0.4) is 0 Å². The second-order valence-electron chi connectivity index (χ2n) is 5.32. The molecule has 1 aromatic rings. The van der Waals surface area contributed by atoms with Crippen molar-refractivity contribution in [1.82, 2.24) is 9.80 Å². The van der Waals surface area contributed by atoms with Crippen molar-refractivity contribution in [2.24, 2.45) is 0 Å². The summed E-state index contributed by atoms with van der Waals surface area (Å²) in [6, 6.07) is 5.76. The Hall–Kier alpha value is -1.07. The molecular formula is C15H21BrN2O2. The number of ether oxygens (including phenoxy) is 1. The highest BCUT2D eigenvalue weighted by Crippen LogP contribution is 2.25. The molecule has 1 aliphatic heterocycles. The van der Waals surface area contributed by atoms with Crippen LogP contribution in [0.25, 0.3) is 0 Å². The van der Waals surface area contributed by atoms with Gasteiger partial charge in [-0.15, -0.1) is 0 Å². The first-order valence-corrected chi connectivity index (χ1v) is 7.61. The van der Waals surface area contributed by atoms with E-state index in [0.717, 1.165) is 30.4 Å². The Morgan fingerprint density at radius 1 is 1.50 bits per heavy atom. The van der Waals surface area contributed by atoms with Crippen molar-refractivity contribution in [1.29, 1.82) is 0 Å². The van der Waals surface area contributed by atoms with Gasteiger partial charge in [0.25, 0.3) is 5.91 Å². The average molecular weight is 341 g/mol. The van der Waals surface area contributed by atoms with Crippen molar-refractivity contribution in [3.63, 3.8) is 0 Å². The zero-order valence-electron chi connectivity index (χ0n) is 12.2. The molecule has 0 saturated carbocycles. The number of carbonyl (C=O) groups excluding carboxylic acids is 1. The monoisotopic (exact) mass is 340 g/mol. The van der Waals surface area contributed by atoms with E-state index in [1.165, 1.54) is 0 Å². The normalized spacial score (nSPS) is 19.7. The molecule has 1 heterocycles. The molecule has 0 bridgehead atoms. The van der Waals surface area contributed by atoms with Gasteiger partial charge in [-0.25, -0.2) is 0 Å². The first kappa shape index (κ1) is 15.3. The first-order valence-electron chi connectivity index (χ1n) is 6.82. The van der Waals surface area contributed by atoms with Crippen LogP contribution in [0.1, 0.15) is 23.2 Å². The number of nitrogens with zero attached hydrogens (tertiary/aromatic N) is 2. The third-order valence-electron chi connectivity index (χ3n) is 3.87. The van der Waals surface area contributed by atoms with Crippen LogP contribution in [-0.4, -0.2) is 56.0 Å². The number of amides is 1. The van der Waals surface area contributed by atoms with E-state index < -0.39 is 0 Å². The van der Waals surface area contributed by atoms with Gasteiger partial charge >= 0.3 is 0 Å². The molecule has 1 amide bonds. The smallest absolute Gasteiger partial charge is 0.255 e. The van der Waals surface area contributed by atoms with Crippen LogP contribution >= 0.6 is 15.9 Å². The molecule has 4 nitrogen and oxygen atoms in total. The van der Waals surface area contributed by atoms with Crippen LogP contribution < -0.4 is 4.74 Å². The Kier molecular flexibility index (Phi) is 5.05. The summed E-state index contributed by atoms with van der Waals surface area (Å²) in [5.41, 5.74) is 0.653. The van der Waals surface area contributed by atoms with Crippen molar-refractivity contribution in [2.75, 3.05) is 34.3 Å². The van der Waals surface area contributed by atoms with Crippen LogP contribution in [0.15, 0.2) is 22.7 Å². The number of hydrogen-bond acceptors (Lipinski definition) is 3. The van der Waals surface area contributed by atoms with Crippen molar-refractivity contribution in [3.8, 4) is 5.75 Å². The lowest BCUT2D eigenvalue weighted by molar-refractivity contribution is 0.0643. The molecule has 1 aromatic carbocycles. The van der Waals surface area contributed by atoms with E-state index in [-0.39, 0.29) is 11.9 Å². The summed E-state index contributed by atoms with van der Waals surface area (Å²) in [5, 5.41) is 0. The lowest BCUT2D eigenvalue weighted by Gasteiger charge is -2.36. The summed E-state index contributed by atoms with van der Waals surface area (Å²) in [6.07, 6.45) is 2.20. The van der Waals surface area contributed by atoms with Crippen LogP contribution in [0, 0.1) is 0 Å². The zero-order valence-corrected chi connectivity index (χ0v) is 13.8. The maximum atomic E-state index is 12.7. The van der Waals surface area contributed by atoms with Gasteiger partial charge < -0.3 is 14.5 Å². The number of methoxy groups -OCH3 is 1. The minimum absolute atomic E-state index is 0.0380. The molecule has 0 spiro atoms. The minimum atomic E-state index is 0.0380. The Bertz CT molecular complexity index is 493. The van der Waals surface area contributed by atoms with E-state index in [4.69, 9.17) is 4.74 Å². The molecule has 0 aliphatic carbocycles. The highest BCUT2D eigenvalue weighted by atomic mass is 79.9. The fraction of sp³-hybridized carbons (Fsp3) is 0.533. The molecule has 1 unspecified atom stereocenters. The number of carbonyl (C=O) groups is 1. The number of likely N-dealkylation sites (tertiary alicyclic amines) is 1. The third kappa shape index (κ3) is 3.33. The molecule has 1 atom stereocenters. The van der Waals surface area contributed by atoms with Gasteiger partial charge in [0.15, 0.2) is 0 Å². The van der Waals surface area contributed by atoms with Gasteiger partial charge in [-0.1, -0.05) is 0 Å². The standard InChI is InChI=1S/C15H21BrN2O2/c1-17-8-4-5-11(10-17)18(2)15(19)13-9-12(20-3)6-7-14(13)16/h6-7,9,11H,4-5,8,10H2,1-3H3. The molecule has 1 saturated heterocycles. The lowest BCUT2D eigenvalue weighted by Crippen LogP contribution is -2.47. The Labute approximate surface area is 128 Å². The number of hydrogen-bond donors (Lipinski definition) is 0. The van der Waals surface area contributed by atoms with Crippen molar-refractivity contribution >= 4 is 21.8 Å². The van der Waals surface area contributed by atoms with Crippen LogP contribution in [-0.2, 0) is 0 Å². The molecule has 1 fully saturated rings. The molecule has 0 N–H and O–H groups in total. The zero-order chi connectivity index (χ0) is 14.7.